The fraction of sp³-hybridized carbons (Fsp3) is 0.385. The average Bonchev–Trinajstić information content (AvgIpc) is 2.60. The van der Waals surface area contributed by atoms with Gasteiger partial charge in [0.2, 0.25) is 5.91 Å². The lowest BCUT2D eigenvalue weighted by Gasteiger charge is -2.35. The van der Waals surface area contributed by atoms with Crippen LogP contribution in [-0.4, -0.2) is 23.1 Å². The van der Waals surface area contributed by atoms with Crippen molar-refractivity contribution in [1.82, 2.24) is 4.90 Å². The highest BCUT2D eigenvalue weighted by Crippen LogP contribution is 2.30. The Morgan fingerprint density at radius 2 is 1.75 bits per heavy atom. The number of benzene rings is 1. The molecule has 0 aromatic heterocycles. The average molecular weight is 217 g/mol. The zero-order chi connectivity index (χ0) is 11.8. The molecule has 0 spiro atoms. The molecule has 0 radical (unpaired) electrons. The number of Topliss-reactive ketones (excluding diaryl/α,β-unsaturated/α-hetero) is 1. The largest absolute Gasteiger partial charge is 0.326 e. The Bertz CT molecular complexity index is 423. The summed E-state index contributed by atoms with van der Waals surface area (Å²) >= 11 is 0. The highest BCUT2D eigenvalue weighted by molar-refractivity contribution is 6.05. The van der Waals surface area contributed by atoms with E-state index in [4.69, 9.17) is 0 Å². The van der Waals surface area contributed by atoms with Crippen LogP contribution in [0.2, 0.25) is 0 Å². The summed E-state index contributed by atoms with van der Waals surface area (Å²) in [6.45, 7) is 4.18. The summed E-state index contributed by atoms with van der Waals surface area (Å²) in [5.41, 5.74) is 0.642. The van der Waals surface area contributed by atoms with Gasteiger partial charge in [-0.3, -0.25) is 9.59 Å². The van der Waals surface area contributed by atoms with Crippen molar-refractivity contribution in [2.24, 2.45) is 0 Å². The molecule has 0 saturated carbocycles. The fourth-order valence-corrected chi connectivity index (χ4v) is 2.10. The maximum Gasteiger partial charge on any atom is 0.231 e. The summed E-state index contributed by atoms with van der Waals surface area (Å²) < 4.78 is 0. The molecule has 0 atom stereocenters. The maximum atomic E-state index is 11.7. The zero-order valence-corrected chi connectivity index (χ0v) is 9.56. The van der Waals surface area contributed by atoms with Gasteiger partial charge in [0.05, 0.1) is 18.5 Å². The Balaban J connectivity index is 2.32. The second kappa shape index (κ2) is 3.74. The fourth-order valence-electron chi connectivity index (χ4n) is 2.10. The van der Waals surface area contributed by atoms with Gasteiger partial charge in [-0.05, 0) is 19.4 Å². The summed E-state index contributed by atoms with van der Waals surface area (Å²) in [6, 6.07) is 9.79. The smallest absolute Gasteiger partial charge is 0.231 e. The molecule has 0 aliphatic carbocycles. The van der Waals surface area contributed by atoms with Gasteiger partial charge in [0.15, 0.2) is 5.78 Å². The van der Waals surface area contributed by atoms with Crippen LogP contribution in [-0.2, 0) is 15.1 Å². The van der Waals surface area contributed by atoms with E-state index < -0.39 is 5.54 Å². The topological polar surface area (TPSA) is 37.4 Å². The Labute approximate surface area is 95.1 Å². The maximum absolute atomic E-state index is 11.7. The first-order chi connectivity index (χ1) is 7.51. The number of amides is 1. The van der Waals surface area contributed by atoms with Crippen molar-refractivity contribution in [3.05, 3.63) is 35.9 Å². The Kier molecular flexibility index (Phi) is 2.54. The Hall–Kier alpha value is -1.64. The summed E-state index contributed by atoms with van der Waals surface area (Å²) in [6.07, 6.45) is 0.0518. The molecule has 1 aliphatic heterocycles. The van der Waals surface area contributed by atoms with E-state index in [1.807, 2.05) is 44.2 Å². The molecular weight excluding hydrogens is 202 g/mol. The summed E-state index contributed by atoms with van der Waals surface area (Å²) in [4.78, 5) is 24.6. The van der Waals surface area contributed by atoms with Crippen molar-refractivity contribution in [1.29, 1.82) is 0 Å². The minimum Gasteiger partial charge on any atom is -0.326 e. The standard InChI is InChI=1S/C13H15NO2/c1-13(2,10-6-4-3-5-7-10)14-9-11(15)8-12(14)16/h3-7H,8-9H2,1-2H3. The van der Waals surface area contributed by atoms with Crippen molar-refractivity contribution < 1.29 is 9.59 Å². The number of ketones is 1. The summed E-state index contributed by atoms with van der Waals surface area (Å²) in [5, 5.41) is 0. The zero-order valence-electron chi connectivity index (χ0n) is 9.56. The molecular formula is C13H15NO2. The van der Waals surface area contributed by atoms with Gasteiger partial charge in [-0.2, -0.15) is 0 Å². The molecule has 1 saturated heterocycles. The number of carbonyl (C=O) groups excluding carboxylic acids is 2. The van der Waals surface area contributed by atoms with Crippen molar-refractivity contribution in [3.8, 4) is 0 Å². The number of nitrogens with zero attached hydrogens (tertiary/aromatic N) is 1. The van der Waals surface area contributed by atoms with E-state index in [9.17, 15) is 9.59 Å². The predicted molar refractivity (Wildman–Crippen MR) is 60.8 cm³/mol. The lowest BCUT2D eigenvalue weighted by Crippen LogP contribution is -2.42. The summed E-state index contributed by atoms with van der Waals surface area (Å²) in [7, 11) is 0. The number of hydrogen-bond acceptors (Lipinski definition) is 2. The van der Waals surface area contributed by atoms with Gasteiger partial charge in [-0.15, -0.1) is 0 Å². The van der Waals surface area contributed by atoms with Gasteiger partial charge < -0.3 is 4.90 Å². The molecule has 1 amide bonds. The molecule has 1 aromatic rings. The van der Waals surface area contributed by atoms with Crippen LogP contribution in [0.5, 0.6) is 0 Å². The number of rotatable bonds is 2. The molecule has 16 heavy (non-hydrogen) atoms. The van der Waals surface area contributed by atoms with Gasteiger partial charge >= 0.3 is 0 Å². The Morgan fingerprint density at radius 1 is 1.12 bits per heavy atom. The molecule has 1 fully saturated rings. The van der Waals surface area contributed by atoms with Gasteiger partial charge in [-0.1, -0.05) is 30.3 Å². The molecule has 3 nitrogen and oxygen atoms in total. The number of carbonyl (C=O) groups is 2. The van der Waals surface area contributed by atoms with E-state index in [-0.39, 0.29) is 24.7 Å². The lowest BCUT2D eigenvalue weighted by atomic mass is 9.92. The third kappa shape index (κ3) is 1.73. The van der Waals surface area contributed by atoms with Crippen molar-refractivity contribution in [3.63, 3.8) is 0 Å². The van der Waals surface area contributed by atoms with Gasteiger partial charge in [0.1, 0.15) is 0 Å². The Morgan fingerprint density at radius 3 is 2.25 bits per heavy atom. The highest BCUT2D eigenvalue weighted by Gasteiger charge is 2.38. The molecule has 84 valence electrons. The molecule has 1 aromatic carbocycles. The third-order valence-electron chi connectivity index (χ3n) is 3.14. The molecule has 2 rings (SSSR count). The van der Waals surface area contributed by atoms with Crippen LogP contribution in [0.3, 0.4) is 0 Å². The second-order valence-corrected chi connectivity index (χ2v) is 4.62. The summed E-state index contributed by atoms with van der Waals surface area (Å²) in [5.74, 6) is -0.0622. The predicted octanol–water partition coefficient (Wildman–Crippen LogP) is 1.72. The second-order valence-electron chi connectivity index (χ2n) is 4.62. The highest BCUT2D eigenvalue weighted by atomic mass is 16.2. The molecule has 0 N–H and O–H groups in total. The SMILES string of the molecule is CC(C)(c1ccccc1)N1CC(=O)CC1=O. The molecule has 1 heterocycles. The van der Waals surface area contributed by atoms with E-state index in [1.165, 1.54) is 0 Å². The van der Waals surface area contributed by atoms with Gasteiger partial charge in [0.25, 0.3) is 0 Å². The molecule has 0 bridgehead atoms. The van der Waals surface area contributed by atoms with Crippen molar-refractivity contribution in [2.45, 2.75) is 25.8 Å². The van der Waals surface area contributed by atoms with Gasteiger partial charge in [-0.25, -0.2) is 0 Å². The van der Waals surface area contributed by atoms with E-state index in [1.54, 1.807) is 4.90 Å². The quantitative estimate of drug-likeness (QED) is 0.707. The van der Waals surface area contributed by atoms with E-state index >= 15 is 0 Å². The van der Waals surface area contributed by atoms with Crippen LogP contribution in [0.4, 0.5) is 0 Å². The van der Waals surface area contributed by atoms with Gasteiger partial charge in [0, 0.05) is 0 Å². The van der Waals surface area contributed by atoms with Crippen molar-refractivity contribution in [2.75, 3.05) is 6.54 Å². The minimum atomic E-state index is -0.412. The third-order valence-corrected chi connectivity index (χ3v) is 3.14. The number of hydrogen-bond donors (Lipinski definition) is 0. The monoisotopic (exact) mass is 217 g/mol. The van der Waals surface area contributed by atoms with Crippen molar-refractivity contribution >= 4 is 11.7 Å². The first-order valence-electron chi connectivity index (χ1n) is 5.39. The lowest BCUT2D eigenvalue weighted by molar-refractivity contribution is -0.132. The van der Waals surface area contributed by atoms with E-state index in [2.05, 4.69) is 0 Å². The molecule has 0 unspecified atom stereocenters. The minimum absolute atomic E-state index is 0.00834. The van der Waals surface area contributed by atoms with E-state index in [0.717, 1.165) is 5.56 Å². The van der Waals surface area contributed by atoms with Crippen LogP contribution in [0.1, 0.15) is 25.8 Å². The van der Waals surface area contributed by atoms with Crippen LogP contribution < -0.4 is 0 Å². The van der Waals surface area contributed by atoms with E-state index in [0.29, 0.717) is 0 Å². The van der Waals surface area contributed by atoms with Crippen LogP contribution >= 0.6 is 0 Å². The van der Waals surface area contributed by atoms with Crippen LogP contribution in [0.25, 0.3) is 0 Å². The molecule has 3 heteroatoms. The number of likely N-dealkylation sites (tertiary alicyclic amines) is 1. The van der Waals surface area contributed by atoms with Crippen LogP contribution in [0.15, 0.2) is 30.3 Å². The first kappa shape index (κ1) is 10.9. The van der Waals surface area contributed by atoms with Crippen LogP contribution in [0, 0.1) is 0 Å². The first-order valence-corrected chi connectivity index (χ1v) is 5.39. The molecule has 1 aliphatic rings. The normalized spacial score (nSPS) is 17.0.